The molecule has 1 unspecified atom stereocenters. The molecular weight excluding hydrogens is 307 g/mol. The molecule has 1 heterocycles. The first-order valence-corrected chi connectivity index (χ1v) is 6.47. The maximum Gasteiger partial charge on any atom is 0.241 e. The van der Waals surface area contributed by atoms with E-state index < -0.39 is 0 Å². The van der Waals surface area contributed by atoms with E-state index in [0.717, 1.165) is 19.4 Å². The third-order valence-electron chi connectivity index (χ3n) is 2.66. The summed E-state index contributed by atoms with van der Waals surface area (Å²) >= 11 is 9.03. The van der Waals surface area contributed by atoms with E-state index in [0.29, 0.717) is 15.2 Å². The van der Waals surface area contributed by atoms with Crippen LogP contribution in [0.4, 0.5) is 5.69 Å². The first-order chi connectivity index (χ1) is 8.08. The molecule has 0 bridgehead atoms. The third kappa shape index (κ3) is 2.91. The lowest BCUT2D eigenvalue weighted by molar-refractivity contribution is -0.117. The van der Waals surface area contributed by atoms with E-state index in [1.54, 1.807) is 6.07 Å². The van der Waals surface area contributed by atoms with E-state index in [-0.39, 0.29) is 17.7 Å². The Bertz CT molecular complexity index is 447. The van der Waals surface area contributed by atoms with Crippen LogP contribution in [0.1, 0.15) is 12.8 Å². The third-order valence-corrected chi connectivity index (χ3v) is 3.49. The van der Waals surface area contributed by atoms with Gasteiger partial charge in [0.25, 0.3) is 0 Å². The minimum Gasteiger partial charge on any atom is -0.505 e. The average molecular weight is 320 g/mol. The predicted octanol–water partition coefficient (Wildman–Crippen LogP) is 2.50. The summed E-state index contributed by atoms with van der Waals surface area (Å²) in [5.41, 5.74) is 0.322. The van der Waals surface area contributed by atoms with Crippen molar-refractivity contribution in [1.29, 1.82) is 0 Å². The molecule has 0 aromatic heterocycles. The van der Waals surface area contributed by atoms with E-state index in [1.807, 2.05) is 0 Å². The number of carbonyl (C=O) groups excluding carboxylic acids is 1. The molecule has 1 aliphatic rings. The van der Waals surface area contributed by atoms with Crippen LogP contribution in [0.3, 0.4) is 0 Å². The summed E-state index contributed by atoms with van der Waals surface area (Å²) < 4.78 is 0.458. The zero-order valence-electron chi connectivity index (χ0n) is 8.96. The molecule has 1 atom stereocenters. The van der Waals surface area contributed by atoms with E-state index in [4.69, 9.17) is 11.6 Å². The van der Waals surface area contributed by atoms with Crippen LogP contribution in [-0.4, -0.2) is 23.6 Å². The fourth-order valence-electron chi connectivity index (χ4n) is 1.79. The monoisotopic (exact) mass is 318 g/mol. The molecular formula is C11H12BrClN2O2. The summed E-state index contributed by atoms with van der Waals surface area (Å²) in [7, 11) is 0. The Kier molecular flexibility index (Phi) is 3.91. The lowest BCUT2D eigenvalue weighted by atomic mass is 10.2. The molecule has 3 N–H and O–H groups in total. The van der Waals surface area contributed by atoms with E-state index in [1.165, 1.54) is 6.07 Å². The Hall–Kier alpha value is -0.780. The van der Waals surface area contributed by atoms with Crippen molar-refractivity contribution in [3.05, 3.63) is 21.6 Å². The Balaban J connectivity index is 2.15. The van der Waals surface area contributed by atoms with Gasteiger partial charge in [-0.25, -0.2) is 0 Å². The lowest BCUT2D eigenvalue weighted by Crippen LogP contribution is -2.35. The average Bonchev–Trinajstić information content (AvgIpc) is 2.78. The fourth-order valence-corrected chi connectivity index (χ4v) is 2.60. The van der Waals surface area contributed by atoms with Crippen molar-refractivity contribution in [3.8, 4) is 5.75 Å². The molecule has 1 aliphatic heterocycles. The first kappa shape index (κ1) is 12.7. The highest BCUT2D eigenvalue weighted by atomic mass is 79.9. The molecule has 0 aliphatic carbocycles. The van der Waals surface area contributed by atoms with Crippen LogP contribution in [-0.2, 0) is 4.79 Å². The van der Waals surface area contributed by atoms with Gasteiger partial charge in [-0.05, 0) is 47.4 Å². The highest BCUT2D eigenvalue weighted by Crippen LogP contribution is 2.35. The molecule has 1 amide bonds. The maximum absolute atomic E-state index is 11.8. The quantitative estimate of drug-likeness (QED) is 0.734. The molecule has 0 spiro atoms. The van der Waals surface area contributed by atoms with Crippen LogP contribution >= 0.6 is 27.5 Å². The standard InChI is InChI=1S/C11H12BrClN2O2/c12-7-4-6(13)5-9(10(7)16)15-11(17)8-2-1-3-14-8/h4-5,8,14,16H,1-3H2,(H,15,17). The molecule has 1 saturated heterocycles. The van der Waals surface area contributed by atoms with Crippen LogP contribution in [0.5, 0.6) is 5.75 Å². The number of phenols is 1. The second-order valence-electron chi connectivity index (χ2n) is 3.92. The predicted molar refractivity (Wildman–Crippen MR) is 70.5 cm³/mol. The highest BCUT2D eigenvalue weighted by Gasteiger charge is 2.23. The molecule has 0 radical (unpaired) electrons. The zero-order chi connectivity index (χ0) is 12.4. The number of rotatable bonds is 2. The smallest absolute Gasteiger partial charge is 0.241 e. The van der Waals surface area contributed by atoms with Crippen molar-refractivity contribution in [2.45, 2.75) is 18.9 Å². The van der Waals surface area contributed by atoms with Gasteiger partial charge in [0, 0.05) is 5.02 Å². The van der Waals surface area contributed by atoms with Crippen molar-refractivity contribution in [2.24, 2.45) is 0 Å². The van der Waals surface area contributed by atoms with Crippen molar-refractivity contribution < 1.29 is 9.90 Å². The fraction of sp³-hybridized carbons (Fsp3) is 0.364. The highest BCUT2D eigenvalue weighted by molar-refractivity contribution is 9.10. The van der Waals surface area contributed by atoms with Crippen molar-refractivity contribution in [1.82, 2.24) is 5.32 Å². The Morgan fingerprint density at radius 1 is 1.59 bits per heavy atom. The molecule has 1 aromatic carbocycles. The Morgan fingerprint density at radius 2 is 2.35 bits per heavy atom. The summed E-state index contributed by atoms with van der Waals surface area (Å²) in [6.07, 6.45) is 1.80. The van der Waals surface area contributed by atoms with Gasteiger partial charge in [0.2, 0.25) is 5.91 Å². The Morgan fingerprint density at radius 3 is 3.00 bits per heavy atom. The normalized spacial score (nSPS) is 19.3. The van der Waals surface area contributed by atoms with E-state index in [2.05, 4.69) is 26.6 Å². The maximum atomic E-state index is 11.8. The van der Waals surface area contributed by atoms with Gasteiger partial charge in [-0.3, -0.25) is 4.79 Å². The van der Waals surface area contributed by atoms with Crippen LogP contribution < -0.4 is 10.6 Å². The molecule has 17 heavy (non-hydrogen) atoms. The van der Waals surface area contributed by atoms with Gasteiger partial charge >= 0.3 is 0 Å². The summed E-state index contributed by atoms with van der Waals surface area (Å²) in [5.74, 6) is -0.160. The zero-order valence-corrected chi connectivity index (χ0v) is 11.3. The van der Waals surface area contributed by atoms with E-state index >= 15 is 0 Å². The number of benzene rings is 1. The number of amides is 1. The summed E-state index contributed by atoms with van der Waals surface area (Å²) in [6.45, 7) is 0.851. The number of aromatic hydroxyl groups is 1. The summed E-state index contributed by atoms with van der Waals surface area (Å²) in [6, 6.07) is 2.90. The SMILES string of the molecule is O=C(Nc1cc(Cl)cc(Br)c1O)C1CCCN1. The molecule has 1 fully saturated rings. The minimum absolute atomic E-state index is 0.0132. The number of carbonyl (C=O) groups is 1. The van der Waals surface area contributed by atoms with Gasteiger partial charge in [0.1, 0.15) is 0 Å². The number of hydrogen-bond acceptors (Lipinski definition) is 3. The number of hydrogen-bond donors (Lipinski definition) is 3. The van der Waals surface area contributed by atoms with Gasteiger partial charge in [-0.2, -0.15) is 0 Å². The molecule has 2 rings (SSSR count). The van der Waals surface area contributed by atoms with E-state index in [9.17, 15) is 9.90 Å². The number of halogens is 2. The first-order valence-electron chi connectivity index (χ1n) is 5.30. The molecule has 6 heteroatoms. The molecule has 0 saturated carbocycles. The second kappa shape index (κ2) is 5.25. The van der Waals surface area contributed by atoms with Crippen LogP contribution in [0.25, 0.3) is 0 Å². The van der Waals surface area contributed by atoms with Crippen LogP contribution in [0.15, 0.2) is 16.6 Å². The van der Waals surface area contributed by atoms with Gasteiger partial charge in [-0.15, -0.1) is 0 Å². The molecule has 1 aromatic rings. The van der Waals surface area contributed by atoms with Gasteiger partial charge in [0.05, 0.1) is 16.2 Å². The van der Waals surface area contributed by atoms with Crippen molar-refractivity contribution >= 4 is 39.1 Å². The lowest BCUT2D eigenvalue weighted by Gasteiger charge is -2.13. The topological polar surface area (TPSA) is 61.4 Å². The van der Waals surface area contributed by atoms with Gasteiger partial charge in [0.15, 0.2) is 5.75 Å². The Labute approximate surface area is 112 Å². The van der Waals surface area contributed by atoms with Crippen molar-refractivity contribution in [3.63, 3.8) is 0 Å². The number of anilines is 1. The summed E-state index contributed by atoms with van der Waals surface area (Å²) in [4.78, 5) is 11.8. The second-order valence-corrected chi connectivity index (χ2v) is 5.21. The number of phenolic OH excluding ortho intramolecular Hbond substituents is 1. The van der Waals surface area contributed by atoms with Crippen LogP contribution in [0, 0.1) is 0 Å². The largest absolute Gasteiger partial charge is 0.505 e. The minimum atomic E-state index is -0.188. The molecule has 92 valence electrons. The number of nitrogens with one attached hydrogen (secondary N) is 2. The summed E-state index contributed by atoms with van der Waals surface area (Å²) in [5, 5.41) is 16.0. The van der Waals surface area contributed by atoms with Crippen molar-refractivity contribution in [2.75, 3.05) is 11.9 Å². The van der Waals surface area contributed by atoms with Gasteiger partial charge < -0.3 is 15.7 Å². The van der Waals surface area contributed by atoms with Crippen LogP contribution in [0.2, 0.25) is 5.02 Å². The molecule has 4 nitrogen and oxygen atoms in total. The van der Waals surface area contributed by atoms with Gasteiger partial charge in [-0.1, -0.05) is 11.6 Å².